The minimum absolute atomic E-state index is 0.143. The highest BCUT2D eigenvalue weighted by Gasteiger charge is 2.17. The maximum absolute atomic E-state index is 10.6. The number of hydrogen-bond donors (Lipinski definition) is 0. The molecule has 0 saturated carbocycles. The molecule has 0 unspecified atom stereocenters. The average Bonchev–Trinajstić information content (AvgIpc) is 2.64. The maximum Gasteiger partial charge on any atom is 0.333 e. The Balaban J connectivity index is 0.000000606. The highest BCUT2D eigenvalue weighted by atomic mass is 35.5. The van der Waals surface area contributed by atoms with Gasteiger partial charge in [-0.3, -0.25) is 10.1 Å². The summed E-state index contributed by atoms with van der Waals surface area (Å²) >= 11 is 5.82. The standard InChI is InChI=1S/C7H5ClN4O2.C2H6/c1-4-2-6(8)11-7(10-4)5(3-9-11)12(13)14;1-2/h2-3H,1H3;1-2H3. The Morgan fingerprint density at radius 1 is 1.50 bits per heavy atom. The maximum atomic E-state index is 10.6. The van der Waals surface area contributed by atoms with Crippen molar-refractivity contribution >= 4 is 22.9 Å². The number of aromatic nitrogens is 3. The van der Waals surface area contributed by atoms with Crippen LogP contribution in [0.1, 0.15) is 19.5 Å². The molecule has 0 fully saturated rings. The van der Waals surface area contributed by atoms with Crippen LogP contribution in [0.4, 0.5) is 5.69 Å². The average molecular weight is 243 g/mol. The number of fused-ring (bicyclic) bond motifs is 1. The van der Waals surface area contributed by atoms with Gasteiger partial charge >= 0.3 is 5.69 Å². The van der Waals surface area contributed by atoms with Crippen LogP contribution in [0.2, 0.25) is 5.15 Å². The third-order valence-corrected chi connectivity index (χ3v) is 2.00. The smallest absolute Gasteiger partial charge is 0.258 e. The van der Waals surface area contributed by atoms with Gasteiger partial charge in [0.05, 0.1) is 4.92 Å². The number of hydrogen-bond acceptors (Lipinski definition) is 4. The Morgan fingerprint density at radius 2 is 2.12 bits per heavy atom. The summed E-state index contributed by atoms with van der Waals surface area (Å²) in [6, 6.07) is 1.59. The van der Waals surface area contributed by atoms with Crippen molar-refractivity contribution < 1.29 is 4.92 Å². The van der Waals surface area contributed by atoms with Gasteiger partial charge in [0, 0.05) is 5.69 Å². The first-order valence-corrected chi connectivity index (χ1v) is 5.12. The Kier molecular flexibility index (Phi) is 3.78. The molecule has 0 amide bonds. The molecule has 6 nitrogen and oxygen atoms in total. The second kappa shape index (κ2) is 4.89. The van der Waals surface area contributed by atoms with Gasteiger partial charge in [0.2, 0.25) is 5.65 Å². The Bertz CT molecular complexity index is 523. The highest BCUT2D eigenvalue weighted by Crippen LogP contribution is 2.20. The summed E-state index contributed by atoms with van der Waals surface area (Å²) in [5, 5.41) is 14.6. The minimum Gasteiger partial charge on any atom is -0.258 e. The molecule has 0 atom stereocenters. The van der Waals surface area contributed by atoms with E-state index in [0.29, 0.717) is 10.8 Å². The molecule has 0 aliphatic heterocycles. The molecular formula is C9H11ClN4O2. The van der Waals surface area contributed by atoms with E-state index in [1.807, 2.05) is 13.8 Å². The lowest BCUT2D eigenvalue weighted by Gasteiger charge is -1.96. The fourth-order valence-corrected chi connectivity index (χ4v) is 1.44. The van der Waals surface area contributed by atoms with E-state index in [1.54, 1.807) is 13.0 Å². The van der Waals surface area contributed by atoms with Crippen LogP contribution in [0.3, 0.4) is 0 Å². The molecule has 2 aromatic rings. The molecule has 16 heavy (non-hydrogen) atoms. The first-order chi connectivity index (χ1) is 7.59. The van der Waals surface area contributed by atoms with Crippen LogP contribution >= 0.6 is 11.6 Å². The van der Waals surface area contributed by atoms with Crippen molar-refractivity contribution in [3.63, 3.8) is 0 Å². The molecule has 0 N–H and O–H groups in total. The number of nitrogens with zero attached hydrogens (tertiary/aromatic N) is 4. The van der Waals surface area contributed by atoms with Gasteiger partial charge in [0.15, 0.2) is 0 Å². The normalized spacial score (nSPS) is 9.75. The van der Waals surface area contributed by atoms with E-state index in [1.165, 1.54) is 4.52 Å². The monoisotopic (exact) mass is 242 g/mol. The van der Waals surface area contributed by atoms with Crippen molar-refractivity contribution in [3.05, 3.63) is 33.2 Å². The third-order valence-electron chi connectivity index (χ3n) is 1.73. The quantitative estimate of drug-likeness (QED) is 0.438. The van der Waals surface area contributed by atoms with Crippen molar-refractivity contribution in [2.24, 2.45) is 0 Å². The minimum atomic E-state index is -0.537. The van der Waals surface area contributed by atoms with E-state index in [2.05, 4.69) is 10.1 Å². The van der Waals surface area contributed by atoms with Gasteiger partial charge in [-0.15, -0.1) is 0 Å². The van der Waals surface area contributed by atoms with Gasteiger partial charge in [0.1, 0.15) is 11.3 Å². The molecule has 86 valence electrons. The lowest BCUT2D eigenvalue weighted by atomic mass is 10.4. The van der Waals surface area contributed by atoms with E-state index < -0.39 is 4.92 Å². The van der Waals surface area contributed by atoms with Gasteiger partial charge in [-0.05, 0) is 13.0 Å². The first kappa shape index (κ1) is 12.4. The summed E-state index contributed by atoms with van der Waals surface area (Å²) < 4.78 is 1.23. The molecule has 0 radical (unpaired) electrons. The lowest BCUT2D eigenvalue weighted by Crippen LogP contribution is -1.95. The Hall–Kier alpha value is -1.69. The second-order valence-corrected chi connectivity index (χ2v) is 3.13. The molecule has 0 aliphatic carbocycles. The van der Waals surface area contributed by atoms with Crippen molar-refractivity contribution in [1.82, 2.24) is 14.6 Å². The third kappa shape index (κ3) is 2.11. The highest BCUT2D eigenvalue weighted by molar-refractivity contribution is 6.29. The lowest BCUT2D eigenvalue weighted by molar-refractivity contribution is -0.383. The predicted octanol–water partition coefficient (Wildman–Crippen LogP) is 2.63. The zero-order chi connectivity index (χ0) is 12.3. The van der Waals surface area contributed by atoms with Gasteiger partial charge in [-0.2, -0.15) is 9.61 Å². The zero-order valence-electron chi connectivity index (χ0n) is 9.14. The summed E-state index contributed by atoms with van der Waals surface area (Å²) in [6.07, 6.45) is 1.13. The van der Waals surface area contributed by atoms with E-state index >= 15 is 0 Å². The molecule has 0 aliphatic rings. The van der Waals surface area contributed by atoms with Crippen molar-refractivity contribution in [1.29, 1.82) is 0 Å². The fraction of sp³-hybridized carbons (Fsp3) is 0.333. The largest absolute Gasteiger partial charge is 0.333 e. The number of nitro groups is 1. The molecule has 0 spiro atoms. The molecular weight excluding hydrogens is 232 g/mol. The van der Waals surface area contributed by atoms with E-state index in [-0.39, 0.29) is 11.3 Å². The van der Waals surface area contributed by atoms with Crippen LogP contribution < -0.4 is 0 Å². The molecule has 0 saturated heterocycles. The summed E-state index contributed by atoms with van der Waals surface area (Å²) in [4.78, 5) is 14.0. The molecule has 0 aromatic carbocycles. The van der Waals surface area contributed by atoms with E-state index in [4.69, 9.17) is 11.6 Å². The number of halogens is 1. The summed E-state index contributed by atoms with van der Waals surface area (Å²) in [6.45, 7) is 5.71. The van der Waals surface area contributed by atoms with Gasteiger partial charge < -0.3 is 0 Å². The van der Waals surface area contributed by atoms with Crippen LogP contribution in [0.15, 0.2) is 12.3 Å². The molecule has 7 heteroatoms. The Labute approximate surface area is 97.0 Å². The van der Waals surface area contributed by atoms with Gasteiger partial charge in [-0.25, -0.2) is 4.98 Å². The molecule has 2 rings (SSSR count). The number of rotatable bonds is 1. The fourth-order valence-electron chi connectivity index (χ4n) is 1.16. The second-order valence-electron chi connectivity index (χ2n) is 2.74. The molecule has 2 heterocycles. The molecule has 0 bridgehead atoms. The molecule has 2 aromatic heterocycles. The van der Waals surface area contributed by atoms with Crippen LogP contribution in [-0.2, 0) is 0 Å². The Morgan fingerprint density at radius 3 is 2.69 bits per heavy atom. The van der Waals surface area contributed by atoms with Crippen LogP contribution in [0.25, 0.3) is 5.65 Å². The van der Waals surface area contributed by atoms with Crippen LogP contribution in [0, 0.1) is 17.0 Å². The van der Waals surface area contributed by atoms with Crippen molar-refractivity contribution in [2.75, 3.05) is 0 Å². The van der Waals surface area contributed by atoms with Gasteiger partial charge in [-0.1, -0.05) is 25.4 Å². The van der Waals surface area contributed by atoms with E-state index in [0.717, 1.165) is 6.20 Å². The van der Waals surface area contributed by atoms with E-state index in [9.17, 15) is 10.1 Å². The predicted molar refractivity (Wildman–Crippen MR) is 60.7 cm³/mol. The SMILES string of the molecule is CC.Cc1cc(Cl)n2ncc([N+](=O)[O-])c2n1. The first-order valence-electron chi connectivity index (χ1n) is 4.75. The van der Waals surface area contributed by atoms with Crippen LogP contribution in [0.5, 0.6) is 0 Å². The summed E-state index contributed by atoms with van der Waals surface area (Å²) in [5.41, 5.74) is 0.640. The topological polar surface area (TPSA) is 73.3 Å². The van der Waals surface area contributed by atoms with Gasteiger partial charge in [0.25, 0.3) is 0 Å². The van der Waals surface area contributed by atoms with Crippen molar-refractivity contribution in [2.45, 2.75) is 20.8 Å². The summed E-state index contributed by atoms with van der Waals surface area (Å²) in [7, 11) is 0. The van der Waals surface area contributed by atoms with Crippen molar-refractivity contribution in [3.8, 4) is 0 Å². The zero-order valence-corrected chi connectivity index (χ0v) is 9.89. The van der Waals surface area contributed by atoms with Crippen LogP contribution in [-0.4, -0.2) is 19.5 Å². The number of aryl methyl sites for hydroxylation is 1. The summed E-state index contributed by atoms with van der Waals surface area (Å²) in [5.74, 6) is 0.